The molecule has 0 amide bonds. The minimum absolute atomic E-state index is 0.0631. The fraction of sp³-hybridized carbons (Fsp3) is 0.158. The molecule has 1 N–H and O–H groups in total. The highest BCUT2D eigenvalue weighted by atomic mass is 32.2. The Morgan fingerprint density at radius 2 is 1.88 bits per heavy atom. The molecule has 3 aromatic rings. The number of ketones is 1. The van der Waals surface area contributed by atoms with Crippen LogP contribution in [0.2, 0.25) is 0 Å². The first kappa shape index (κ1) is 17.2. The molecule has 1 aromatic heterocycles. The van der Waals surface area contributed by atoms with E-state index in [9.17, 15) is 14.0 Å². The second-order valence-corrected chi connectivity index (χ2v) is 6.48. The van der Waals surface area contributed by atoms with Gasteiger partial charge in [-0.1, -0.05) is 30.3 Å². The first-order valence-corrected chi connectivity index (χ1v) is 8.72. The Balaban J connectivity index is 1.61. The minimum Gasteiger partial charge on any atom is -0.454 e. The molecule has 0 radical (unpaired) electrons. The van der Waals surface area contributed by atoms with Gasteiger partial charge in [0.2, 0.25) is 5.78 Å². The summed E-state index contributed by atoms with van der Waals surface area (Å²) in [5, 5.41) is 0.788. The highest BCUT2D eigenvalue weighted by Gasteiger charge is 2.22. The number of ether oxygens (including phenoxy) is 1. The lowest BCUT2D eigenvalue weighted by Crippen LogP contribution is -2.25. The zero-order chi connectivity index (χ0) is 17.8. The second kappa shape index (κ2) is 7.53. The van der Waals surface area contributed by atoms with Crippen LogP contribution >= 0.6 is 11.8 Å². The van der Waals surface area contributed by atoms with E-state index in [0.717, 1.165) is 22.7 Å². The molecule has 25 heavy (non-hydrogen) atoms. The summed E-state index contributed by atoms with van der Waals surface area (Å²) in [6, 6.07) is 13.6. The molecular formula is C19H16FNO3S. The number of aromatic nitrogens is 1. The van der Waals surface area contributed by atoms with Crippen molar-refractivity contribution >= 4 is 34.4 Å². The minimum atomic E-state index is -0.909. The van der Waals surface area contributed by atoms with E-state index in [1.807, 2.05) is 24.3 Å². The first-order valence-electron chi connectivity index (χ1n) is 7.73. The van der Waals surface area contributed by atoms with Gasteiger partial charge in [0.1, 0.15) is 5.82 Å². The normalized spacial score (nSPS) is 12.1. The van der Waals surface area contributed by atoms with Crippen LogP contribution in [-0.2, 0) is 9.53 Å². The topological polar surface area (TPSA) is 59.2 Å². The SMILES string of the molecule is C[C@@H](OC(=O)CSc1ccccc1F)C(=O)c1c[nH]c2ccccc12. The van der Waals surface area contributed by atoms with Gasteiger partial charge in [0.15, 0.2) is 6.10 Å². The molecule has 2 aromatic carbocycles. The number of carbonyl (C=O) groups excluding carboxylic acids is 2. The van der Waals surface area contributed by atoms with Crippen LogP contribution in [0.15, 0.2) is 59.6 Å². The largest absolute Gasteiger partial charge is 0.454 e. The number of Topliss-reactive ketones (excluding diaryl/α,β-unsaturated/α-hetero) is 1. The van der Waals surface area contributed by atoms with Crippen molar-refractivity contribution in [2.24, 2.45) is 0 Å². The summed E-state index contributed by atoms with van der Waals surface area (Å²) in [4.78, 5) is 27.9. The van der Waals surface area contributed by atoms with Gasteiger partial charge in [-0.15, -0.1) is 11.8 Å². The molecule has 0 fully saturated rings. The highest BCUT2D eigenvalue weighted by Crippen LogP contribution is 2.22. The summed E-state index contributed by atoms with van der Waals surface area (Å²) >= 11 is 1.04. The molecule has 0 saturated heterocycles. The second-order valence-electron chi connectivity index (χ2n) is 5.46. The van der Waals surface area contributed by atoms with Crippen molar-refractivity contribution in [1.29, 1.82) is 0 Å². The molecule has 4 nitrogen and oxygen atoms in total. The number of fused-ring (bicyclic) bond motifs is 1. The van der Waals surface area contributed by atoms with Gasteiger partial charge in [0, 0.05) is 27.6 Å². The number of hydrogen-bond donors (Lipinski definition) is 1. The van der Waals surface area contributed by atoms with Crippen molar-refractivity contribution in [3.63, 3.8) is 0 Å². The van der Waals surface area contributed by atoms with Gasteiger partial charge in [-0.3, -0.25) is 9.59 Å². The zero-order valence-corrected chi connectivity index (χ0v) is 14.3. The average Bonchev–Trinajstić information content (AvgIpc) is 3.04. The van der Waals surface area contributed by atoms with E-state index >= 15 is 0 Å². The van der Waals surface area contributed by atoms with Crippen molar-refractivity contribution < 1.29 is 18.7 Å². The molecule has 1 heterocycles. The van der Waals surface area contributed by atoms with Gasteiger partial charge in [-0.25, -0.2) is 4.39 Å². The quantitative estimate of drug-likeness (QED) is 0.408. The van der Waals surface area contributed by atoms with E-state index < -0.39 is 12.1 Å². The zero-order valence-electron chi connectivity index (χ0n) is 13.5. The molecule has 128 valence electrons. The smallest absolute Gasteiger partial charge is 0.316 e. The molecule has 0 spiro atoms. The van der Waals surface area contributed by atoms with Crippen LogP contribution in [-0.4, -0.2) is 28.6 Å². The van der Waals surface area contributed by atoms with E-state index in [1.165, 1.54) is 13.0 Å². The maximum Gasteiger partial charge on any atom is 0.316 e. The number of nitrogens with one attached hydrogen (secondary N) is 1. The van der Waals surface area contributed by atoms with Crippen LogP contribution in [0.25, 0.3) is 10.9 Å². The molecule has 0 bridgehead atoms. The van der Waals surface area contributed by atoms with Gasteiger partial charge in [-0.05, 0) is 25.1 Å². The molecule has 3 rings (SSSR count). The van der Waals surface area contributed by atoms with Crippen molar-refractivity contribution in [1.82, 2.24) is 4.98 Å². The van der Waals surface area contributed by atoms with Crippen LogP contribution in [0.5, 0.6) is 0 Å². The van der Waals surface area contributed by atoms with Crippen molar-refractivity contribution in [2.75, 3.05) is 5.75 Å². The summed E-state index contributed by atoms with van der Waals surface area (Å²) in [6.07, 6.45) is 0.707. The van der Waals surface area contributed by atoms with Gasteiger partial charge in [0.25, 0.3) is 0 Å². The maximum atomic E-state index is 13.5. The highest BCUT2D eigenvalue weighted by molar-refractivity contribution is 8.00. The van der Waals surface area contributed by atoms with E-state index in [0.29, 0.717) is 10.5 Å². The van der Waals surface area contributed by atoms with E-state index in [1.54, 1.807) is 24.4 Å². The number of rotatable bonds is 6. The Morgan fingerprint density at radius 3 is 2.68 bits per heavy atom. The number of H-pyrrole nitrogens is 1. The van der Waals surface area contributed by atoms with Crippen LogP contribution < -0.4 is 0 Å². The molecule has 0 aliphatic carbocycles. The molecule has 6 heteroatoms. The molecule has 0 unspecified atom stereocenters. The Labute approximate surface area is 148 Å². The summed E-state index contributed by atoms with van der Waals surface area (Å²) < 4.78 is 18.7. The third-order valence-corrected chi connectivity index (χ3v) is 4.74. The van der Waals surface area contributed by atoms with Crippen molar-refractivity contribution in [3.05, 3.63) is 66.1 Å². The number of aromatic amines is 1. The number of halogens is 1. The Morgan fingerprint density at radius 1 is 1.16 bits per heavy atom. The standard InChI is InChI=1S/C19H16FNO3S/c1-12(19(23)14-10-21-16-8-4-2-6-13(14)16)24-18(22)11-25-17-9-5-3-7-15(17)20/h2-10,12,21H,11H2,1H3/t12-/m1/s1. The number of thioether (sulfide) groups is 1. The van der Waals surface area contributed by atoms with Crippen LogP contribution in [0, 0.1) is 5.82 Å². The lowest BCUT2D eigenvalue weighted by molar-refractivity contribution is -0.143. The van der Waals surface area contributed by atoms with Gasteiger partial charge >= 0.3 is 5.97 Å². The van der Waals surface area contributed by atoms with E-state index in [2.05, 4.69) is 4.98 Å². The predicted octanol–water partition coefficient (Wildman–Crippen LogP) is 4.21. The number of hydrogen-bond acceptors (Lipinski definition) is 4. The summed E-state index contributed by atoms with van der Waals surface area (Å²) in [6.45, 7) is 1.54. The monoisotopic (exact) mass is 357 g/mol. The first-order chi connectivity index (χ1) is 12.1. The fourth-order valence-corrected chi connectivity index (χ4v) is 3.20. The summed E-state index contributed by atoms with van der Waals surface area (Å²) in [7, 11) is 0. The van der Waals surface area contributed by atoms with Crippen LogP contribution in [0.3, 0.4) is 0 Å². The molecule has 0 saturated carbocycles. The summed E-state index contributed by atoms with van der Waals surface area (Å²) in [5.74, 6) is -1.29. The van der Waals surface area contributed by atoms with Gasteiger partial charge in [0.05, 0.1) is 5.75 Å². The van der Waals surface area contributed by atoms with Crippen LogP contribution in [0.1, 0.15) is 17.3 Å². The fourth-order valence-electron chi connectivity index (χ4n) is 2.48. The Kier molecular flexibility index (Phi) is 5.19. The molecular weight excluding hydrogens is 341 g/mol. The molecule has 0 aliphatic rings. The Bertz CT molecular complexity index is 922. The maximum absolute atomic E-state index is 13.5. The lowest BCUT2D eigenvalue weighted by Gasteiger charge is -2.12. The van der Waals surface area contributed by atoms with Crippen molar-refractivity contribution in [2.45, 2.75) is 17.9 Å². The van der Waals surface area contributed by atoms with Gasteiger partial charge in [-0.2, -0.15) is 0 Å². The third-order valence-electron chi connectivity index (χ3n) is 3.71. The van der Waals surface area contributed by atoms with Crippen LogP contribution in [0.4, 0.5) is 4.39 Å². The summed E-state index contributed by atoms with van der Waals surface area (Å²) in [5.41, 5.74) is 1.33. The predicted molar refractivity (Wildman–Crippen MR) is 95.3 cm³/mol. The lowest BCUT2D eigenvalue weighted by atomic mass is 10.1. The molecule has 1 atom stereocenters. The Hall–Kier alpha value is -2.60. The van der Waals surface area contributed by atoms with E-state index in [-0.39, 0.29) is 17.4 Å². The number of esters is 1. The molecule has 0 aliphatic heterocycles. The number of carbonyl (C=O) groups is 2. The number of benzene rings is 2. The number of para-hydroxylation sites is 1. The average molecular weight is 357 g/mol. The van der Waals surface area contributed by atoms with Gasteiger partial charge < -0.3 is 9.72 Å². The van der Waals surface area contributed by atoms with Crippen molar-refractivity contribution in [3.8, 4) is 0 Å². The third kappa shape index (κ3) is 3.91. The van der Waals surface area contributed by atoms with E-state index in [4.69, 9.17) is 4.74 Å².